The fourth-order valence-electron chi connectivity index (χ4n) is 2.64. The number of para-hydroxylation sites is 1. The molecule has 0 radical (unpaired) electrons. The molecule has 18 heavy (non-hydrogen) atoms. The summed E-state index contributed by atoms with van der Waals surface area (Å²) < 4.78 is 11.3. The van der Waals surface area contributed by atoms with Gasteiger partial charge < -0.3 is 14.8 Å². The van der Waals surface area contributed by atoms with E-state index in [1.165, 1.54) is 18.4 Å². The lowest BCUT2D eigenvalue weighted by Gasteiger charge is -2.37. The Balaban J connectivity index is 1.70. The van der Waals surface area contributed by atoms with Crippen molar-refractivity contribution in [2.45, 2.75) is 25.8 Å². The lowest BCUT2D eigenvalue weighted by molar-refractivity contribution is -0.120. The third-order valence-corrected chi connectivity index (χ3v) is 3.83. The fourth-order valence-corrected chi connectivity index (χ4v) is 2.64. The molecule has 0 bridgehead atoms. The van der Waals surface area contributed by atoms with Crippen molar-refractivity contribution >= 4 is 0 Å². The van der Waals surface area contributed by atoms with Crippen LogP contribution in [0.4, 0.5) is 0 Å². The Kier molecular flexibility index (Phi) is 3.27. The van der Waals surface area contributed by atoms with Gasteiger partial charge in [0.05, 0.1) is 19.8 Å². The minimum Gasteiger partial charge on any atom is -0.492 e. The largest absolute Gasteiger partial charge is 0.492 e. The van der Waals surface area contributed by atoms with E-state index in [0.29, 0.717) is 6.04 Å². The van der Waals surface area contributed by atoms with Gasteiger partial charge in [0.2, 0.25) is 0 Å². The Morgan fingerprint density at radius 1 is 1.39 bits per heavy atom. The van der Waals surface area contributed by atoms with E-state index in [4.69, 9.17) is 9.47 Å². The van der Waals surface area contributed by atoms with E-state index in [-0.39, 0.29) is 5.41 Å². The van der Waals surface area contributed by atoms with Crippen LogP contribution < -0.4 is 10.1 Å². The van der Waals surface area contributed by atoms with Gasteiger partial charge in [0, 0.05) is 17.0 Å². The van der Waals surface area contributed by atoms with Gasteiger partial charge in [-0.2, -0.15) is 0 Å². The first-order valence-electron chi connectivity index (χ1n) is 6.80. The summed E-state index contributed by atoms with van der Waals surface area (Å²) in [7, 11) is 0. The van der Waals surface area contributed by atoms with E-state index >= 15 is 0 Å². The number of ether oxygens (including phenoxy) is 2. The first kappa shape index (κ1) is 12.0. The van der Waals surface area contributed by atoms with E-state index in [2.05, 4.69) is 30.4 Å². The molecule has 3 rings (SSSR count). The molecule has 1 atom stereocenters. The molecule has 0 aromatic heterocycles. The van der Waals surface area contributed by atoms with Gasteiger partial charge in [-0.3, -0.25) is 0 Å². The Morgan fingerprint density at radius 2 is 2.22 bits per heavy atom. The third kappa shape index (κ3) is 2.38. The number of nitrogens with one attached hydrogen (secondary N) is 1. The summed E-state index contributed by atoms with van der Waals surface area (Å²) in [6.07, 6.45) is 2.46. The maximum atomic E-state index is 6.04. The van der Waals surface area contributed by atoms with Crippen molar-refractivity contribution in [3.8, 4) is 5.75 Å². The zero-order valence-corrected chi connectivity index (χ0v) is 10.9. The molecule has 1 aromatic rings. The summed E-state index contributed by atoms with van der Waals surface area (Å²) in [5.74, 6) is 1.03. The summed E-state index contributed by atoms with van der Waals surface area (Å²) in [6, 6.07) is 8.87. The van der Waals surface area contributed by atoms with Crippen LogP contribution >= 0.6 is 0 Å². The zero-order chi connectivity index (χ0) is 12.4. The van der Waals surface area contributed by atoms with Gasteiger partial charge >= 0.3 is 0 Å². The molecule has 0 amide bonds. The molecule has 2 saturated heterocycles. The van der Waals surface area contributed by atoms with Gasteiger partial charge in [0.15, 0.2) is 0 Å². The van der Waals surface area contributed by atoms with Crippen molar-refractivity contribution in [3.05, 3.63) is 29.8 Å². The van der Waals surface area contributed by atoms with Crippen LogP contribution in [0.25, 0.3) is 0 Å². The fraction of sp³-hybridized carbons (Fsp3) is 0.600. The Bertz CT molecular complexity index is 409. The van der Waals surface area contributed by atoms with Crippen LogP contribution in [-0.4, -0.2) is 26.4 Å². The molecule has 2 heterocycles. The molecular formula is C15H21NO2. The van der Waals surface area contributed by atoms with Crippen LogP contribution in [0, 0.1) is 5.41 Å². The van der Waals surface area contributed by atoms with E-state index in [9.17, 15) is 0 Å². The van der Waals surface area contributed by atoms with E-state index in [1.807, 2.05) is 6.07 Å². The van der Waals surface area contributed by atoms with Crippen molar-refractivity contribution < 1.29 is 9.47 Å². The van der Waals surface area contributed by atoms with Crippen LogP contribution in [0.5, 0.6) is 5.75 Å². The molecule has 98 valence electrons. The molecule has 1 aromatic carbocycles. The SMILES string of the molecule is CC1(COc2ccccc2C2CCCN2)COC1. The molecule has 1 N–H and O–H groups in total. The van der Waals surface area contributed by atoms with Gasteiger partial charge in [0.25, 0.3) is 0 Å². The lowest BCUT2D eigenvalue weighted by atomic mass is 9.90. The molecule has 3 nitrogen and oxygen atoms in total. The Hall–Kier alpha value is -1.06. The van der Waals surface area contributed by atoms with Gasteiger partial charge in [-0.1, -0.05) is 25.1 Å². The maximum absolute atomic E-state index is 6.04. The molecule has 2 fully saturated rings. The van der Waals surface area contributed by atoms with Gasteiger partial charge in [-0.15, -0.1) is 0 Å². The summed E-state index contributed by atoms with van der Waals surface area (Å²) in [5, 5.41) is 3.53. The van der Waals surface area contributed by atoms with Crippen molar-refractivity contribution in [3.63, 3.8) is 0 Å². The Labute approximate surface area is 108 Å². The van der Waals surface area contributed by atoms with Crippen molar-refractivity contribution in [2.24, 2.45) is 5.41 Å². The second-order valence-corrected chi connectivity index (χ2v) is 5.78. The average molecular weight is 247 g/mol. The summed E-state index contributed by atoms with van der Waals surface area (Å²) >= 11 is 0. The quantitative estimate of drug-likeness (QED) is 0.887. The minimum absolute atomic E-state index is 0.205. The van der Waals surface area contributed by atoms with Crippen molar-refractivity contribution in [1.82, 2.24) is 5.32 Å². The second kappa shape index (κ2) is 4.90. The monoisotopic (exact) mass is 247 g/mol. The average Bonchev–Trinajstić information content (AvgIpc) is 2.88. The van der Waals surface area contributed by atoms with Crippen LogP contribution in [0.15, 0.2) is 24.3 Å². The smallest absolute Gasteiger partial charge is 0.124 e. The van der Waals surface area contributed by atoms with Gasteiger partial charge in [-0.25, -0.2) is 0 Å². The molecule has 0 spiro atoms. The topological polar surface area (TPSA) is 30.5 Å². The summed E-state index contributed by atoms with van der Waals surface area (Å²) in [6.45, 7) is 5.71. The van der Waals surface area contributed by atoms with Crippen LogP contribution in [0.2, 0.25) is 0 Å². The van der Waals surface area contributed by atoms with Crippen LogP contribution in [0.1, 0.15) is 31.4 Å². The number of hydrogen-bond donors (Lipinski definition) is 1. The zero-order valence-electron chi connectivity index (χ0n) is 10.9. The van der Waals surface area contributed by atoms with Crippen LogP contribution in [0.3, 0.4) is 0 Å². The standard InChI is InChI=1S/C15H21NO2/c1-15(9-17-10-15)11-18-14-7-3-2-5-12(14)13-6-4-8-16-13/h2-3,5,7,13,16H,4,6,8-11H2,1H3. The number of rotatable bonds is 4. The highest BCUT2D eigenvalue weighted by molar-refractivity contribution is 5.36. The first-order valence-corrected chi connectivity index (χ1v) is 6.80. The second-order valence-electron chi connectivity index (χ2n) is 5.78. The highest BCUT2D eigenvalue weighted by atomic mass is 16.5. The minimum atomic E-state index is 0.205. The highest BCUT2D eigenvalue weighted by Gasteiger charge is 2.34. The summed E-state index contributed by atoms with van der Waals surface area (Å²) in [4.78, 5) is 0. The molecule has 0 aliphatic carbocycles. The number of hydrogen-bond acceptors (Lipinski definition) is 3. The van der Waals surface area contributed by atoms with E-state index < -0.39 is 0 Å². The lowest BCUT2D eigenvalue weighted by Crippen LogP contribution is -2.44. The molecule has 2 aliphatic rings. The summed E-state index contributed by atoms with van der Waals surface area (Å²) in [5.41, 5.74) is 1.51. The number of benzene rings is 1. The van der Waals surface area contributed by atoms with Gasteiger partial charge in [0.1, 0.15) is 5.75 Å². The maximum Gasteiger partial charge on any atom is 0.124 e. The van der Waals surface area contributed by atoms with Crippen molar-refractivity contribution in [2.75, 3.05) is 26.4 Å². The normalized spacial score (nSPS) is 25.7. The first-order chi connectivity index (χ1) is 8.77. The predicted molar refractivity (Wildman–Crippen MR) is 70.8 cm³/mol. The molecule has 3 heteroatoms. The van der Waals surface area contributed by atoms with Crippen molar-refractivity contribution in [1.29, 1.82) is 0 Å². The highest BCUT2D eigenvalue weighted by Crippen LogP contribution is 2.33. The molecular weight excluding hydrogens is 226 g/mol. The van der Waals surface area contributed by atoms with Gasteiger partial charge in [-0.05, 0) is 25.5 Å². The predicted octanol–water partition coefficient (Wildman–Crippen LogP) is 2.53. The third-order valence-electron chi connectivity index (χ3n) is 3.83. The van der Waals surface area contributed by atoms with Crippen LogP contribution in [-0.2, 0) is 4.74 Å². The van der Waals surface area contributed by atoms with E-state index in [1.54, 1.807) is 0 Å². The molecule has 0 saturated carbocycles. The van der Waals surface area contributed by atoms with E-state index in [0.717, 1.165) is 32.1 Å². The Morgan fingerprint density at radius 3 is 2.89 bits per heavy atom. The molecule has 2 aliphatic heterocycles. The molecule has 1 unspecified atom stereocenters.